The average molecular weight is 1180 g/mol. The van der Waals surface area contributed by atoms with Crippen molar-refractivity contribution < 1.29 is 0 Å². The molecule has 0 fully saturated rings. The third-order valence-electron chi connectivity index (χ3n) is 22.6. The van der Waals surface area contributed by atoms with Crippen LogP contribution in [0.25, 0.3) is 144 Å². The molecule has 0 spiro atoms. The van der Waals surface area contributed by atoms with Gasteiger partial charge in [-0.25, -0.2) is 0 Å². The number of para-hydroxylation sites is 2. The minimum absolute atomic E-state index is 0.0274. The number of nitrogens with zero attached hydrogens (tertiary/aromatic N) is 2. The van der Waals surface area contributed by atoms with Gasteiger partial charge in [0, 0.05) is 54.6 Å². The molecule has 92 heavy (non-hydrogen) atoms. The maximum Gasteiger partial charge on any atom is 0.0541 e. The summed E-state index contributed by atoms with van der Waals surface area (Å²) in [6.07, 6.45) is 0. The molecule has 438 valence electrons. The highest BCUT2D eigenvalue weighted by atomic mass is 15.0. The molecule has 2 heteroatoms. The summed E-state index contributed by atoms with van der Waals surface area (Å²) < 4.78 is 4.92. The van der Waals surface area contributed by atoms with Gasteiger partial charge in [-0.2, -0.15) is 0 Å². The molecule has 2 heterocycles. The molecule has 0 amide bonds. The molecule has 0 aliphatic heterocycles. The molecule has 0 N–H and O–H groups in total. The summed E-state index contributed by atoms with van der Waals surface area (Å²) in [5.74, 6) is 0. The summed E-state index contributed by atoms with van der Waals surface area (Å²) in [6.45, 7) is 19.1. The van der Waals surface area contributed by atoms with Crippen LogP contribution in [-0.2, 0) is 21.7 Å². The minimum atomic E-state index is -0.172. The first kappa shape index (κ1) is 53.3. The van der Waals surface area contributed by atoms with Gasteiger partial charge in [0.1, 0.15) is 0 Å². The molecule has 0 bridgehead atoms. The second kappa shape index (κ2) is 18.6. The topological polar surface area (TPSA) is 9.86 Å². The van der Waals surface area contributed by atoms with Crippen molar-refractivity contribution in [3.05, 3.63) is 311 Å². The van der Waals surface area contributed by atoms with Crippen molar-refractivity contribution in [1.82, 2.24) is 9.13 Å². The van der Waals surface area contributed by atoms with Gasteiger partial charge in [-0.3, -0.25) is 0 Å². The summed E-state index contributed by atoms with van der Waals surface area (Å²) in [7, 11) is 0. The molecular weight excluding hydrogens is 1110 g/mol. The first-order valence-electron chi connectivity index (χ1n) is 32.9. The van der Waals surface area contributed by atoms with E-state index in [0.717, 1.165) is 0 Å². The predicted molar refractivity (Wildman–Crippen MR) is 387 cm³/mol. The van der Waals surface area contributed by atoms with Crippen LogP contribution in [-0.4, -0.2) is 9.13 Å². The Hall–Kier alpha value is -10.5. The Labute approximate surface area is 538 Å². The van der Waals surface area contributed by atoms with Crippen LogP contribution in [0.3, 0.4) is 0 Å². The third-order valence-corrected chi connectivity index (χ3v) is 22.6. The zero-order valence-electron chi connectivity index (χ0n) is 53.3. The zero-order chi connectivity index (χ0) is 61.9. The molecule has 4 aliphatic carbocycles. The number of hydrogen-bond donors (Lipinski definition) is 0. The van der Waals surface area contributed by atoms with E-state index in [-0.39, 0.29) is 21.7 Å². The van der Waals surface area contributed by atoms with Gasteiger partial charge in [-0.15, -0.1) is 0 Å². The highest BCUT2D eigenvalue weighted by Gasteiger charge is 2.43. The van der Waals surface area contributed by atoms with Gasteiger partial charge in [0.2, 0.25) is 0 Å². The van der Waals surface area contributed by atoms with Crippen LogP contribution in [0.15, 0.2) is 267 Å². The summed E-state index contributed by atoms with van der Waals surface area (Å²) in [4.78, 5) is 0. The third kappa shape index (κ3) is 7.27. The Kier molecular flexibility index (Phi) is 10.8. The van der Waals surface area contributed by atoms with Gasteiger partial charge in [0.25, 0.3) is 0 Å². The molecule has 0 saturated carbocycles. The Balaban J connectivity index is 0.591. The van der Waals surface area contributed by atoms with Gasteiger partial charge in [0.05, 0.1) is 22.1 Å². The predicted octanol–water partition coefficient (Wildman–Crippen LogP) is 23.8. The fraction of sp³-hybridized carbons (Fsp3) is 0.133. The first-order chi connectivity index (χ1) is 44.6. The summed E-state index contributed by atoms with van der Waals surface area (Å²) in [5.41, 5.74) is 38.7. The highest BCUT2D eigenvalue weighted by Crippen LogP contribution is 2.58. The van der Waals surface area contributed by atoms with Crippen molar-refractivity contribution in [2.75, 3.05) is 0 Å². The maximum absolute atomic E-state index is 2.54. The van der Waals surface area contributed by atoms with Gasteiger partial charge in [-0.1, -0.05) is 237 Å². The second-order valence-electron chi connectivity index (χ2n) is 28.8. The SMILES string of the molecule is CC1(C)c2ccccc2-c2cc(-n3c4ccccc4c4cc(-c5ccc(-c6ccc7c(c6)C(C)(C)c6cc8c(cc6-7)C(C)(C)c6cc(-c7ccc(-c9ccc%10c(c9)c9ccccc9n%10-c9ccc%10c(c9)C(C)(C)c9ccccc9-%10)cc7)ccc6-8)cc5)ccc43)ccc21. The summed E-state index contributed by atoms with van der Waals surface area (Å²) in [5, 5.41) is 5.07. The van der Waals surface area contributed by atoms with E-state index < -0.39 is 0 Å². The minimum Gasteiger partial charge on any atom is -0.309 e. The quantitative estimate of drug-likeness (QED) is 0.157. The smallest absolute Gasteiger partial charge is 0.0541 e. The Bertz CT molecular complexity index is 5730. The van der Waals surface area contributed by atoms with Crippen LogP contribution in [0.2, 0.25) is 0 Å². The van der Waals surface area contributed by atoms with Gasteiger partial charge < -0.3 is 9.13 Å². The lowest BCUT2D eigenvalue weighted by Crippen LogP contribution is -2.17. The molecule has 0 unspecified atom stereocenters. The van der Waals surface area contributed by atoms with Crippen LogP contribution in [0.5, 0.6) is 0 Å². The second-order valence-corrected chi connectivity index (χ2v) is 28.8. The lowest BCUT2D eigenvalue weighted by molar-refractivity contribution is 0.652. The number of aromatic nitrogens is 2. The summed E-state index contributed by atoms with van der Waals surface area (Å²) in [6, 6.07) is 102. The van der Waals surface area contributed by atoms with Gasteiger partial charge in [0.15, 0.2) is 0 Å². The fourth-order valence-electron chi connectivity index (χ4n) is 17.6. The Morgan fingerprint density at radius 2 is 0.478 bits per heavy atom. The standard InChI is InChI=1S/C90H68N2/c1-87(2)76-22-14-10-18-64(76)70-49-61(38-42-77(70)87)91-83-23-15-11-19-68(83)73-45-57(35-43-85(73)91)53-25-29-55(30-26-53)59-33-39-66-71-51-82-72(52-81(71)89(5,6)78(66)47-59)67-40-34-60(48-79(67)90(82,7)8)56-31-27-54(28-32-56)58-36-44-86-74(46-58)69-20-12-16-24-84(69)92(86)62-37-41-65-63-17-9-13-21-75(63)88(3,4)80(65)50-62/h9-52H,1-8H3. The number of hydrogen-bond acceptors (Lipinski definition) is 0. The molecule has 19 rings (SSSR count). The lowest BCUT2D eigenvalue weighted by Gasteiger charge is -2.24. The van der Waals surface area contributed by atoms with E-state index in [1.807, 2.05) is 0 Å². The number of benzene rings is 13. The normalized spacial score (nSPS) is 15.3. The summed E-state index contributed by atoms with van der Waals surface area (Å²) >= 11 is 0. The molecule has 15 aromatic rings. The van der Waals surface area contributed by atoms with E-state index in [4.69, 9.17) is 0 Å². The lowest BCUT2D eigenvalue weighted by atomic mass is 9.79. The molecule has 0 saturated heterocycles. The van der Waals surface area contributed by atoms with Gasteiger partial charge in [-0.05, 0) is 218 Å². The van der Waals surface area contributed by atoms with E-state index in [1.54, 1.807) is 0 Å². The van der Waals surface area contributed by atoms with E-state index >= 15 is 0 Å². The number of fused-ring (bicyclic) bond motifs is 18. The highest BCUT2D eigenvalue weighted by molar-refractivity contribution is 6.12. The van der Waals surface area contributed by atoms with Crippen molar-refractivity contribution in [2.45, 2.75) is 77.0 Å². The van der Waals surface area contributed by atoms with Crippen LogP contribution >= 0.6 is 0 Å². The molecule has 0 radical (unpaired) electrons. The number of rotatable bonds is 6. The molecule has 2 aromatic heterocycles. The average Bonchev–Trinajstić information content (AvgIpc) is 1.86. The largest absolute Gasteiger partial charge is 0.309 e. The van der Waals surface area contributed by atoms with E-state index in [9.17, 15) is 0 Å². The maximum atomic E-state index is 2.54. The Morgan fingerprint density at radius 1 is 0.185 bits per heavy atom. The molecular formula is C90H68N2. The monoisotopic (exact) mass is 1180 g/mol. The van der Waals surface area contributed by atoms with Gasteiger partial charge >= 0.3 is 0 Å². The van der Waals surface area contributed by atoms with E-state index in [2.05, 4.69) is 331 Å². The van der Waals surface area contributed by atoms with Crippen molar-refractivity contribution in [1.29, 1.82) is 0 Å². The first-order valence-corrected chi connectivity index (χ1v) is 32.9. The molecule has 0 atom stereocenters. The van der Waals surface area contributed by atoms with E-state index in [1.165, 1.54) is 189 Å². The molecule has 13 aromatic carbocycles. The molecule has 4 aliphatic rings. The van der Waals surface area contributed by atoms with Crippen molar-refractivity contribution >= 4 is 43.6 Å². The van der Waals surface area contributed by atoms with Crippen LogP contribution in [0.1, 0.15) is 99.9 Å². The van der Waals surface area contributed by atoms with Crippen molar-refractivity contribution in [3.8, 4) is 100 Å². The fourth-order valence-corrected chi connectivity index (χ4v) is 17.6. The van der Waals surface area contributed by atoms with E-state index in [0.29, 0.717) is 0 Å². The van der Waals surface area contributed by atoms with Crippen molar-refractivity contribution in [3.63, 3.8) is 0 Å². The molecule has 2 nitrogen and oxygen atoms in total. The zero-order valence-corrected chi connectivity index (χ0v) is 53.3. The van der Waals surface area contributed by atoms with Crippen LogP contribution < -0.4 is 0 Å². The van der Waals surface area contributed by atoms with Crippen LogP contribution in [0.4, 0.5) is 0 Å². The Morgan fingerprint density at radius 3 is 0.978 bits per heavy atom. The van der Waals surface area contributed by atoms with Crippen molar-refractivity contribution in [2.24, 2.45) is 0 Å². The van der Waals surface area contributed by atoms with Crippen LogP contribution in [0, 0.1) is 0 Å².